The number of hydrogen-bond acceptors (Lipinski definition) is 3. The summed E-state index contributed by atoms with van der Waals surface area (Å²) in [7, 11) is 1.42. The van der Waals surface area contributed by atoms with Crippen molar-refractivity contribution < 1.29 is 19.0 Å². The Balaban J connectivity index is 2.15. The summed E-state index contributed by atoms with van der Waals surface area (Å²) < 4.78 is 24.4. The Morgan fingerprint density at radius 2 is 1.68 bits per heavy atom. The molecule has 0 aliphatic heterocycles. The average Bonchev–Trinajstić information content (AvgIpc) is 2.46. The summed E-state index contributed by atoms with van der Waals surface area (Å²) >= 11 is 0. The molecule has 0 aliphatic rings. The molecule has 1 N–H and O–H groups in total. The van der Waals surface area contributed by atoms with E-state index in [2.05, 4.69) is 0 Å². The summed E-state index contributed by atoms with van der Waals surface area (Å²) in [4.78, 5) is 0. The lowest BCUT2D eigenvalue weighted by atomic mass is 10.2. The highest BCUT2D eigenvalue weighted by atomic mass is 19.1. The van der Waals surface area contributed by atoms with Crippen LogP contribution in [0.4, 0.5) is 4.39 Å². The van der Waals surface area contributed by atoms with Crippen molar-refractivity contribution in [3.05, 3.63) is 59.4 Å². The van der Waals surface area contributed by atoms with E-state index < -0.39 is 5.82 Å². The summed E-state index contributed by atoms with van der Waals surface area (Å²) in [6, 6.07) is 12.0. The fourth-order valence-electron chi connectivity index (χ4n) is 1.76. The van der Waals surface area contributed by atoms with E-state index in [0.717, 1.165) is 0 Å². The molecule has 0 bridgehead atoms. The first kappa shape index (κ1) is 13.4. The van der Waals surface area contributed by atoms with Gasteiger partial charge in [-0.05, 0) is 12.1 Å². The van der Waals surface area contributed by atoms with E-state index in [1.54, 1.807) is 36.4 Å². The molecule has 0 amide bonds. The summed E-state index contributed by atoms with van der Waals surface area (Å²) in [5.74, 6) is 0.315. The van der Waals surface area contributed by atoms with Crippen LogP contribution in [0.5, 0.6) is 11.5 Å². The minimum absolute atomic E-state index is 0.0834. The molecule has 2 aromatic carbocycles. The standard InChI is InChI=1S/C15H15FO3/c1-18-14-8-4-6-12(15(14)16)10-19-13-7-3-2-5-11(13)9-17/h2-8,17H,9-10H2,1H3. The number of aliphatic hydroxyl groups is 1. The van der Waals surface area contributed by atoms with Crippen molar-refractivity contribution in [2.24, 2.45) is 0 Å². The van der Waals surface area contributed by atoms with Crippen LogP contribution in [0.1, 0.15) is 11.1 Å². The lowest BCUT2D eigenvalue weighted by Crippen LogP contribution is -2.02. The van der Waals surface area contributed by atoms with Gasteiger partial charge in [-0.1, -0.05) is 30.3 Å². The molecule has 3 nitrogen and oxygen atoms in total. The van der Waals surface area contributed by atoms with Gasteiger partial charge in [0.05, 0.1) is 13.7 Å². The Bertz CT molecular complexity index is 555. The van der Waals surface area contributed by atoms with Gasteiger partial charge in [-0.2, -0.15) is 0 Å². The molecule has 0 radical (unpaired) electrons. The second-order valence-corrected chi connectivity index (χ2v) is 3.99. The number of hydrogen-bond donors (Lipinski definition) is 1. The van der Waals surface area contributed by atoms with Gasteiger partial charge in [-0.3, -0.25) is 0 Å². The van der Waals surface area contributed by atoms with Crippen LogP contribution in [0.3, 0.4) is 0 Å². The van der Waals surface area contributed by atoms with Crippen LogP contribution in [-0.2, 0) is 13.2 Å². The van der Waals surface area contributed by atoms with Crippen molar-refractivity contribution >= 4 is 0 Å². The number of ether oxygens (including phenoxy) is 2. The molecule has 0 aromatic heterocycles. The van der Waals surface area contributed by atoms with Gasteiger partial charge in [0.25, 0.3) is 0 Å². The zero-order valence-corrected chi connectivity index (χ0v) is 10.6. The van der Waals surface area contributed by atoms with Gasteiger partial charge < -0.3 is 14.6 Å². The predicted molar refractivity (Wildman–Crippen MR) is 69.6 cm³/mol. The zero-order chi connectivity index (χ0) is 13.7. The van der Waals surface area contributed by atoms with Gasteiger partial charge in [0, 0.05) is 11.1 Å². The fourth-order valence-corrected chi connectivity index (χ4v) is 1.76. The molecule has 0 saturated carbocycles. The summed E-state index contributed by atoms with van der Waals surface area (Å²) in [5, 5.41) is 9.18. The quantitative estimate of drug-likeness (QED) is 0.900. The topological polar surface area (TPSA) is 38.7 Å². The fraction of sp³-hybridized carbons (Fsp3) is 0.200. The molecule has 2 rings (SSSR count). The van der Waals surface area contributed by atoms with Crippen molar-refractivity contribution in [2.45, 2.75) is 13.2 Å². The first-order valence-corrected chi connectivity index (χ1v) is 5.89. The molecular weight excluding hydrogens is 247 g/mol. The zero-order valence-electron chi connectivity index (χ0n) is 10.6. The number of benzene rings is 2. The molecule has 100 valence electrons. The Kier molecular flexibility index (Phi) is 4.36. The number of rotatable bonds is 5. The first-order chi connectivity index (χ1) is 9.26. The Morgan fingerprint density at radius 1 is 1.00 bits per heavy atom. The van der Waals surface area contributed by atoms with Crippen molar-refractivity contribution in [3.8, 4) is 11.5 Å². The van der Waals surface area contributed by atoms with Crippen LogP contribution in [0, 0.1) is 5.82 Å². The number of aliphatic hydroxyl groups excluding tert-OH is 1. The Hall–Kier alpha value is -2.07. The van der Waals surface area contributed by atoms with Crippen LogP contribution in [0.15, 0.2) is 42.5 Å². The van der Waals surface area contributed by atoms with Crippen LogP contribution in [-0.4, -0.2) is 12.2 Å². The molecule has 4 heteroatoms. The first-order valence-electron chi connectivity index (χ1n) is 5.89. The maximum atomic E-state index is 13.9. The Morgan fingerprint density at radius 3 is 2.42 bits per heavy atom. The van der Waals surface area contributed by atoms with Gasteiger partial charge >= 0.3 is 0 Å². The second-order valence-electron chi connectivity index (χ2n) is 3.99. The lowest BCUT2D eigenvalue weighted by Gasteiger charge is -2.11. The van der Waals surface area contributed by atoms with Gasteiger partial charge in [0.2, 0.25) is 0 Å². The van der Waals surface area contributed by atoms with E-state index in [4.69, 9.17) is 9.47 Å². The van der Waals surface area contributed by atoms with Crippen LogP contribution in [0.2, 0.25) is 0 Å². The van der Waals surface area contributed by atoms with E-state index >= 15 is 0 Å². The van der Waals surface area contributed by atoms with Gasteiger partial charge in [-0.15, -0.1) is 0 Å². The number of methoxy groups -OCH3 is 1. The van der Waals surface area contributed by atoms with Crippen LogP contribution >= 0.6 is 0 Å². The maximum absolute atomic E-state index is 13.9. The van der Waals surface area contributed by atoms with Crippen molar-refractivity contribution in [1.82, 2.24) is 0 Å². The lowest BCUT2D eigenvalue weighted by molar-refractivity contribution is 0.256. The van der Waals surface area contributed by atoms with Crippen molar-refractivity contribution in [3.63, 3.8) is 0 Å². The second kappa shape index (κ2) is 6.20. The van der Waals surface area contributed by atoms with Gasteiger partial charge in [0.15, 0.2) is 11.6 Å². The molecule has 19 heavy (non-hydrogen) atoms. The monoisotopic (exact) mass is 262 g/mol. The van der Waals surface area contributed by atoms with Crippen LogP contribution < -0.4 is 9.47 Å². The van der Waals surface area contributed by atoms with E-state index in [-0.39, 0.29) is 19.0 Å². The Labute approximate surface area is 111 Å². The minimum atomic E-state index is -0.425. The van der Waals surface area contributed by atoms with E-state index in [9.17, 15) is 9.50 Å². The summed E-state index contributed by atoms with van der Waals surface area (Å²) in [6.07, 6.45) is 0. The van der Waals surface area contributed by atoms with E-state index in [1.807, 2.05) is 6.07 Å². The molecule has 0 fully saturated rings. The maximum Gasteiger partial charge on any atom is 0.171 e. The smallest absolute Gasteiger partial charge is 0.171 e. The molecule has 0 aliphatic carbocycles. The molecular formula is C15H15FO3. The molecule has 2 aromatic rings. The van der Waals surface area contributed by atoms with E-state index in [1.165, 1.54) is 7.11 Å². The normalized spacial score (nSPS) is 10.3. The molecule has 0 spiro atoms. The highest BCUT2D eigenvalue weighted by molar-refractivity contribution is 5.34. The highest BCUT2D eigenvalue weighted by Crippen LogP contribution is 2.23. The third-order valence-electron chi connectivity index (χ3n) is 2.79. The molecule has 0 heterocycles. The van der Waals surface area contributed by atoms with Crippen molar-refractivity contribution in [2.75, 3.05) is 7.11 Å². The third-order valence-corrected chi connectivity index (χ3v) is 2.79. The van der Waals surface area contributed by atoms with Crippen LogP contribution in [0.25, 0.3) is 0 Å². The average molecular weight is 262 g/mol. The summed E-state index contributed by atoms with van der Waals surface area (Å²) in [6.45, 7) is -0.0309. The minimum Gasteiger partial charge on any atom is -0.494 e. The molecule has 0 unspecified atom stereocenters. The highest BCUT2D eigenvalue weighted by Gasteiger charge is 2.09. The third kappa shape index (κ3) is 3.03. The van der Waals surface area contributed by atoms with Gasteiger partial charge in [-0.25, -0.2) is 4.39 Å². The number of halogens is 1. The molecule has 0 saturated heterocycles. The number of para-hydroxylation sites is 1. The van der Waals surface area contributed by atoms with E-state index in [0.29, 0.717) is 16.9 Å². The predicted octanol–water partition coefficient (Wildman–Crippen LogP) is 2.91. The van der Waals surface area contributed by atoms with Crippen molar-refractivity contribution in [1.29, 1.82) is 0 Å². The SMILES string of the molecule is COc1cccc(COc2ccccc2CO)c1F. The van der Waals surface area contributed by atoms with Gasteiger partial charge in [0.1, 0.15) is 12.4 Å². The largest absolute Gasteiger partial charge is 0.494 e. The summed E-state index contributed by atoms with van der Waals surface area (Å²) in [5.41, 5.74) is 1.08. The molecule has 0 atom stereocenters.